The van der Waals surface area contributed by atoms with Crippen molar-refractivity contribution >= 4 is 28.5 Å². The molecule has 5 nitrogen and oxygen atoms in total. The fourth-order valence-corrected chi connectivity index (χ4v) is 4.37. The number of aromatic nitrogens is 3. The second-order valence-electron chi connectivity index (χ2n) is 6.76. The standard InChI is InChI=1S/C16H19ClN4O/c1-20(2)15(22)13-7-11-8-18-16(17)19-14(11)21(13)12-6-9-3-4-10(12)5-9/h7-10,12H,3-6H2,1-2H3/t9?,10-,12-/m0/s1. The van der Waals surface area contributed by atoms with Gasteiger partial charge in [-0.2, -0.15) is 4.98 Å². The predicted octanol–water partition coefficient (Wildman–Crippen LogP) is 3.15. The van der Waals surface area contributed by atoms with E-state index >= 15 is 0 Å². The van der Waals surface area contributed by atoms with Gasteiger partial charge in [0.1, 0.15) is 11.3 Å². The number of carbonyl (C=O) groups excluding carboxylic acids is 1. The summed E-state index contributed by atoms with van der Waals surface area (Å²) in [6.07, 6.45) is 6.71. The summed E-state index contributed by atoms with van der Waals surface area (Å²) in [5.41, 5.74) is 1.50. The molecule has 1 unspecified atom stereocenters. The molecule has 116 valence electrons. The SMILES string of the molecule is CN(C)C(=O)c1cc2cnc(Cl)nc2n1[C@H]1CC2CC[C@H]1C2. The van der Waals surface area contributed by atoms with Gasteiger partial charge in [-0.25, -0.2) is 4.98 Å². The zero-order valence-corrected chi connectivity index (χ0v) is 13.5. The highest BCUT2D eigenvalue weighted by molar-refractivity contribution is 6.28. The van der Waals surface area contributed by atoms with Gasteiger partial charge in [0.2, 0.25) is 5.28 Å². The van der Waals surface area contributed by atoms with Crippen LogP contribution in [0.3, 0.4) is 0 Å². The molecule has 0 saturated heterocycles. The van der Waals surface area contributed by atoms with Crippen molar-refractivity contribution in [2.45, 2.75) is 31.7 Å². The third kappa shape index (κ3) is 2.02. The largest absolute Gasteiger partial charge is 0.343 e. The van der Waals surface area contributed by atoms with Gasteiger partial charge in [0.25, 0.3) is 5.91 Å². The molecule has 0 aromatic carbocycles. The molecule has 2 fully saturated rings. The van der Waals surface area contributed by atoms with Crippen molar-refractivity contribution in [2.75, 3.05) is 14.1 Å². The van der Waals surface area contributed by atoms with Gasteiger partial charge in [0.05, 0.1) is 0 Å². The number of amides is 1. The average Bonchev–Trinajstić information content (AvgIpc) is 3.18. The number of hydrogen-bond acceptors (Lipinski definition) is 3. The van der Waals surface area contributed by atoms with E-state index in [0.29, 0.717) is 17.7 Å². The molecule has 2 bridgehead atoms. The maximum Gasteiger partial charge on any atom is 0.270 e. The third-order valence-corrected chi connectivity index (χ3v) is 5.39. The lowest BCUT2D eigenvalue weighted by atomic mass is 9.95. The van der Waals surface area contributed by atoms with Crippen LogP contribution in [-0.2, 0) is 0 Å². The average molecular weight is 319 g/mol. The maximum atomic E-state index is 12.6. The smallest absolute Gasteiger partial charge is 0.270 e. The molecule has 2 saturated carbocycles. The first-order valence-electron chi connectivity index (χ1n) is 7.79. The van der Waals surface area contributed by atoms with Crippen LogP contribution in [0.25, 0.3) is 11.0 Å². The van der Waals surface area contributed by atoms with Crippen LogP contribution in [0, 0.1) is 11.8 Å². The molecule has 1 amide bonds. The van der Waals surface area contributed by atoms with Crippen molar-refractivity contribution in [1.29, 1.82) is 0 Å². The summed E-state index contributed by atoms with van der Waals surface area (Å²) in [5, 5.41) is 1.12. The van der Waals surface area contributed by atoms with Gasteiger partial charge in [-0.15, -0.1) is 0 Å². The van der Waals surface area contributed by atoms with E-state index in [0.717, 1.165) is 23.4 Å². The lowest BCUT2D eigenvalue weighted by molar-refractivity contribution is 0.0813. The second-order valence-corrected chi connectivity index (χ2v) is 7.10. The Bertz CT molecular complexity index is 754. The van der Waals surface area contributed by atoms with Crippen LogP contribution < -0.4 is 0 Å². The van der Waals surface area contributed by atoms with E-state index < -0.39 is 0 Å². The number of fused-ring (bicyclic) bond motifs is 3. The van der Waals surface area contributed by atoms with Crippen molar-refractivity contribution in [1.82, 2.24) is 19.4 Å². The first kappa shape index (κ1) is 14.0. The Morgan fingerprint density at radius 1 is 1.36 bits per heavy atom. The van der Waals surface area contributed by atoms with Gasteiger partial charge < -0.3 is 9.47 Å². The summed E-state index contributed by atoms with van der Waals surface area (Å²) in [6.45, 7) is 0. The molecule has 2 aromatic heterocycles. The Labute approximate surface area is 134 Å². The highest BCUT2D eigenvalue weighted by atomic mass is 35.5. The lowest BCUT2D eigenvalue weighted by Gasteiger charge is -2.26. The van der Waals surface area contributed by atoms with Crippen molar-refractivity contribution < 1.29 is 4.79 Å². The van der Waals surface area contributed by atoms with Crippen LogP contribution in [0.4, 0.5) is 0 Å². The number of nitrogens with zero attached hydrogens (tertiary/aromatic N) is 4. The minimum Gasteiger partial charge on any atom is -0.343 e. The summed E-state index contributed by atoms with van der Waals surface area (Å²) in [5.74, 6) is 1.46. The number of halogens is 1. The summed E-state index contributed by atoms with van der Waals surface area (Å²) >= 11 is 6.00. The Hall–Kier alpha value is -1.62. The van der Waals surface area contributed by atoms with Gasteiger partial charge in [0.15, 0.2) is 0 Å². The first-order chi connectivity index (χ1) is 10.5. The molecular formula is C16H19ClN4O. The van der Waals surface area contributed by atoms with E-state index in [2.05, 4.69) is 14.5 Å². The molecule has 6 heteroatoms. The summed E-state index contributed by atoms with van der Waals surface area (Å²) < 4.78 is 2.13. The van der Waals surface area contributed by atoms with Crippen LogP contribution >= 0.6 is 11.6 Å². The molecule has 22 heavy (non-hydrogen) atoms. The summed E-state index contributed by atoms with van der Waals surface area (Å²) in [6, 6.07) is 2.26. The van der Waals surface area contributed by atoms with Crippen molar-refractivity contribution in [2.24, 2.45) is 11.8 Å². The minimum absolute atomic E-state index is 0.0110. The van der Waals surface area contributed by atoms with E-state index in [1.54, 1.807) is 25.2 Å². The first-order valence-corrected chi connectivity index (χ1v) is 8.17. The molecule has 2 aliphatic rings. The number of carbonyl (C=O) groups is 1. The molecule has 3 atom stereocenters. The fourth-order valence-electron chi connectivity index (χ4n) is 4.24. The van der Waals surface area contributed by atoms with E-state index in [4.69, 9.17) is 11.6 Å². The monoisotopic (exact) mass is 318 g/mol. The molecule has 0 aliphatic heterocycles. The van der Waals surface area contributed by atoms with Gasteiger partial charge in [-0.3, -0.25) is 4.79 Å². The summed E-state index contributed by atoms with van der Waals surface area (Å²) in [4.78, 5) is 22.7. The lowest BCUT2D eigenvalue weighted by Crippen LogP contribution is -2.27. The van der Waals surface area contributed by atoms with Crippen LogP contribution in [0.2, 0.25) is 5.28 Å². The summed E-state index contributed by atoms with van der Waals surface area (Å²) in [7, 11) is 3.56. The van der Waals surface area contributed by atoms with E-state index in [1.807, 2.05) is 6.07 Å². The highest BCUT2D eigenvalue weighted by Gasteiger charge is 2.42. The van der Waals surface area contributed by atoms with E-state index in [-0.39, 0.29) is 11.2 Å². The molecule has 0 spiro atoms. The topological polar surface area (TPSA) is 51.0 Å². The van der Waals surface area contributed by atoms with Crippen molar-refractivity contribution in [3.8, 4) is 0 Å². The van der Waals surface area contributed by atoms with E-state index in [9.17, 15) is 4.79 Å². The van der Waals surface area contributed by atoms with Crippen molar-refractivity contribution in [3.05, 3.63) is 23.2 Å². The molecule has 2 aromatic rings. The van der Waals surface area contributed by atoms with Crippen molar-refractivity contribution in [3.63, 3.8) is 0 Å². The zero-order valence-electron chi connectivity index (χ0n) is 12.8. The van der Waals surface area contributed by atoms with Crippen LogP contribution in [0.5, 0.6) is 0 Å². The van der Waals surface area contributed by atoms with Crippen LogP contribution in [-0.4, -0.2) is 39.4 Å². The normalized spacial score (nSPS) is 26.8. The maximum absolute atomic E-state index is 12.6. The van der Waals surface area contributed by atoms with Crippen LogP contribution in [0.15, 0.2) is 12.3 Å². The molecule has 2 heterocycles. The molecule has 4 rings (SSSR count). The molecule has 0 N–H and O–H groups in total. The highest BCUT2D eigenvalue weighted by Crippen LogP contribution is 2.51. The Kier molecular flexibility index (Phi) is 3.15. The molecule has 2 aliphatic carbocycles. The Balaban J connectivity index is 1.91. The number of hydrogen-bond donors (Lipinski definition) is 0. The molecular weight excluding hydrogens is 300 g/mol. The molecule has 0 radical (unpaired) electrons. The predicted molar refractivity (Wildman–Crippen MR) is 85.0 cm³/mol. The van der Waals surface area contributed by atoms with Gasteiger partial charge in [-0.05, 0) is 48.8 Å². The van der Waals surface area contributed by atoms with Crippen LogP contribution in [0.1, 0.15) is 42.2 Å². The zero-order chi connectivity index (χ0) is 15.4. The van der Waals surface area contributed by atoms with E-state index in [1.165, 1.54) is 19.3 Å². The number of rotatable bonds is 2. The minimum atomic E-state index is 0.0110. The quantitative estimate of drug-likeness (QED) is 0.799. The third-order valence-electron chi connectivity index (χ3n) is 5.20. The fraction of sp³-hybridized carbons (Fsp3) is 0.562. The van der Waals surface area contributed by atoms with Gasteiger partial charge in [-0.1, -0.05) is 6.42 Å². The second kappa shape index (κ2) is 4.95. The van der Waals surface area contributed by atoms with Gasteiger partial charge in [0, 0.05) is 31.7 Å². The Morgan fingerprint density at radius 3 is 2.82 bits per heavy atom. The van der Waals surface area contributed by atoms with Gasteiger partial charge >= 0.3 is 0 Å². The Morgan fingerprint density at radius 2 is 2.18 bits per heavy atom.